The van der Waals surface area contributed by atoms with E-state index in [-0.39, 0.29) is 16.4 Å². The van der Waals surface area contributed by atoms with E-state index in [9.17, 15) is 9.59 Å². The summed E-state index contributed by atoms with van der Waals surface area (Å²) in [5.41, 5.74) is 0.539. The van der Waals surface area contributed by atoms with Crippen molar-refractivity contribution in [3.63, 3.8) is 0 Å². The van der Waals surface area contributed by atoms with Crippen molar-refractivity contribution in [2.45, 2.75) is 26.8 Å². The van der Waals surface area contributed by atoms with Crippen LogP contribution in [0.5, 0.6) is 23.0 Å². The summed E-state index contributed by atoms with van der Waals surface area (Å²) in [6, 6.07) is 6.70. The second kappa shape index (κ2) is 11.9. The molecule has 0 saturated heterocycles. The normalized spacial score (nSPS) is 11.7. The quantitative estimate of drug-likeness (QED) is 0.377. The molecule has 1 amide bonds. The number of amides is 1. The molecule has 32 heavy (non-hydrogen) atoms. The third-order valence-corrected chi connectivity index (χ3v) is 4.50. The summed E-state index contributed by atoms with van der Waals surface area (Å²) in [4.78, 5) is 25.1. The molecule has 172 valence electrons. The van der Waals surface area contributed by atoms with Gasteiger partial charge < -0.3 is 24.3 Å². The number of nitrogens with zero attached hydrogens (tertiary/aromatic N) is 2. The van der Waals surface area contributed by atoms with Crippen LogP contribution in [-0.4, -0.2) is 45.2 Å². The maximum atomic E-state index is 12.9. The first-order valence-electron chi connectivity index (χ1n) is 9.88. The van der Waals surface area contributed by atoms with Crippen molar-refractivity contribution in [1.82, 2.24) is 0 Å². The van der Waals surface area contributed by atoms with Gasteiger partial charge in [-0.2, -0.15) is 5.11 Å². The Bertz CT molecular complexity index is 974. The topological polar surface area (TPSA) is 108 Å². The second-order valence-corrected chi connectivity index (χ2v) is 6.78. The van der Waals surface area contributed by atoms with Crippen LogP contribution in [0.2, 0.25) is 5.02 Å². The van der Waals surface area contributed by atoms with Gasteiger partial charge in [0.2, 0.25) is 6.04 Å². The van der Waals surface area contributed by atoms with E-state index in [0.29, 0.717) is 36.2 Å². The number of carbonyl (C=O) groups excluding carboxylic acids is 2. The molecule has 9 nitrogen and oxygen atoms in total. The van der Waals surface area contributed by atoms with Crippen molar-refractivity contribution in [3.05, 3.63) is 35.4 Å². The van der Waals surface area contributed by atoms with Gasteiger partial charge in [-0.05, 0) is 39.0 Å². The highest BCUT2D eigenvalue weighted by molar-refractivity contribution is 6.32. The highest BCUT2D eigenvalue weighted by Gasteiger charge is 2.25. The van der Waals surface area contributed by atoms with Gasteiger partial charge in [0, 0.05) is 6.07 Å². The van der Waals surface area contributed by atoms with Gasteiger partial charge in [-0.1, -0.05) is 17.7 Å². The Labute approximate surface area is 191 Å². The van der Waals surface area contributed by atoms with Crippen LogP contribution in [0, 0.1) is 0 Å². The Morgan fingerprint density at radius 3 is 2.12 bits per heavy atom. The molecular formula is C22H26ClN3O6. The molecule has 0 spiro atoms. The smallest absolute Gasteiger partial charge is 0.258 e. The van der Waals surface area contributed by atoms with Gasteiger partial charge in [0.05, 0.1) is 38.1 Å². The molecule has 0 aromatic heterocycles. The minimum absolute atomic E-state index is 0.260. The molecule has 10 heteroatoms. The fourth-order valence-corrected chi connectivity index (χ4v) is 2.96. The first-order chi connectivity index (χ1) is 15.4. The lowest BCUT2D eigenvalue weighted by Crippen LogP contribution is -2.32. The van der Waals surface area contributed by atoms with Gasteiger partial charge in [0.1, 0.15) is 23.0 Å². The van der Waals surface area contributed by atoms with Crippen LogP contribution < -0.4 is 24.3 Å². The number of ketones is 1. The summed E-state index contributed by atoms with van der Waals surface area (Å²) >= 11 is 6.25. The summed E-state index contributed by atoms with van der Waals surface area (Å²) in [6.07, 6.45) is 0. The third kappa shape index (κ3) is 6.10. The number of ether oxygens (including phenoxy) is 4. The lowest BCUT2D eigenvalue weighted by molar-refractivity contribution is -0.126. The van der Waals surface area contributed by atoms with E-state index in [4.69, 9.17) is 30.5 Å². The van der Waals surface area contributed by atoms with Gasteiger partial charge in [0.15, 0.2) is 11.5 Å². The van der Waals surface area contributed by atoms with Crippen LogP contribution in [0.25, 0.3) is 0 Å². The average molecular weight is 464 g/mol. The summed E-state index contributed by atoms with van der Waals surface area (Å²) in [6.45, 7) is 5.63. The monoisotopic (exact) mass is 463 g/mol. The lowest BCUT2D eigenvalue weighted by Gasteiger charge is -2.16. The van der Waals surface area contributed by atoms with Crippen LogP contribution in [0.3, 0.4) is 0 Å². The van der Waals surface area contributed by atoms with Gasteiger partial charge in [-0.3, -0.25) is 9.59 Å². The summed E-state index contributed by atoms with van der Waals surface area (Å²) < 4.78 is 21.6. The fraction of sp³-hybridized carbons (Fsp3) is 0.364. The Balaban J connectivity index is 2.35. The number of nitrogens with one attached hydrogen (secondary N) is 1. The van der Waals surface area contributed by atoms with Crippen molar-refractivity contribution in [2.75, 3.05) is 32.8 Å². The van der Waals surface area contributed by atoms with Crippen LogP contribution >= 0.6 is 11.6 Å². The Kier molecular flexibility index (Phi) is 9.27. The summed E-state index contributed by atoms with van der Waals surface area (Å²) in [7, 11) is 2.93. The number of methoxy groups -OCH3 is 2. The van der Waals surface area contributed by atoms with E-state index >= 15 is 0 Å². The maximum absolute atomic E-state index is 12.9. The van der Waals surface area contributed by atoms with Gasteiger partial charge >= 0.3 is 0 Å². The molecule has 0 aliphatic rings. The van der Waals surface area contributed by atoms with E-state index < -0.39 is 17.7 Å². The average Bonchev–Trinajstić information content (AvgIpc) is 2.76. The van der Waals surface area contributed by atoms with E-state index in [1.807, 2.05) is 6.92 Å². The van der Waals surface area contributed by atoms with Crippen molar-refractivity contribution in [2.24, 2.45) is 10.2 Å². The Hall–Kier alpha value is -3.33. The summed E-state index contributed by atoms with van der Waals surface area (Å²) in [5, 5.41) is 10.9. The number of halogens is 1. The van der Waals surface area contributed by atoms with Crippen LogP contribution in [0.1, 0.15) is 20.8 Å². The second-order valence-electron chi connectivity index (χ2n) is 6.37. The number of anilines is 1. The fourth-order valence-electron chi connectivity index (χ4n) is 2.74. The molecule has 2 aromatic carbocycles. The molecule has 0 saturated carbocycles. The van der Waals surface area contributed by atoms with E-state index in [1.165, 1.54) is 27.2 Å². The zero-order chi connectivity index (χ0) is 23.7. The van der Waals surface area contributed by atoms with Crippen molar-refractivity contribution >= 4 is 34.7 Å². The Morgan fingerprint density at radius 2 is 1.59 bits per heavy atom. The maximum Gasteiger partial charge on any atom is 0.258 e. The molecule has 0 heterocycles. The van der Waals surface area contributed by atoms with E-state index in [0.717, 1.165) is 0 Å². The van der Waals surface area contributed by atoms with Gasteiger partial charge in [0.25, 0.3) is 5.91 Å². The molecule has 2 aromatic rings. The summed E-state index contributed by atoms with van der Waals surface area (Å²) in [5.74, 6) is 0.327. The van der Waals surface area contributed by atoms with Gasteiger partial charge in [-0.15, -0.1) is 5.11 Å². The van der Waals surface area contributed by atoms with Crippen LogP contribution in [0.4, 0.5) is 11.4 Å². The van der Waals surface area contributed by atoms with Gasteiger partial charge in [-0.25, -0.2) is 0 Å². The first kappa shape index (κ1) is 24.9. The zero-order valence-electron chi connectivity index (χ0n) is 18.6. The van der Waals surface area contributed by atoms with E-state index in [2.05, 4.69) is 15.5 Å². The SMILES string of the molecule is CCOc1cc(OCC)c(NC(=O)C(N=Nc2c(OC)cccc2OC)C(C)=O)cc1Cl. The van der Waals surface area contributed by atoms with Crippen molar-refractivity contribution < 1.29 is 28.5 Å². The van der Waals surface area contributed by atoms with Crippen LogP contribution in [-0.2, 0) is 9.59 Å². The number of hydrogen-bond acceptors (Lipinski definition) is 8. The number of benzene rings is 2. The molecule has 0 aliphatic carbocycles. The molecular weight excluding hydrogens is 438 g/mol. The molecule has 0 aliphatic heterocycles. The highest BCUT2D eigenvalue weighted by Crippen LogP contribution is 2.38. The molecule has 0 bridgehead atoms. The standard InChI is InChI=1S/C22H26ClN3O6/c1-6-31-18-12-19(32-7-2)15(11-14(18)23)24-22(28)20(13(3)27)25-26-21-16(29-4)9-8-10-17(21)30-5/h8-12,20H,6-7H2,1-5H3,(H,24,28). The molecule has 1 N–H and O–H groups in total. The minimum atomic E-state index is -1.41. The number of Topliss-reactive ketones (excluding diaryl/α,β-unsaturated/α-hetero) is 1. The zero-order valence-corrected chi connectivity index (χ0v) is 19.4. The minimum Gasteiger partial charge on any atom is -0.494 e. The first-order valence-corrected chi connectivity index (χ1v) is 10.3. The molecule has 0 fully saturated rings. The predicted octanol–water partition coefficient (Wildman–Crippen LogP) is 4.83. The molecule has 1 atom stereocenters. The Morgan fingerprint density at radius 1 is 1.00 bits per heavy atom. The van der Waals surface area contributed by atoms with Crippen LogP contribution in [0.15, 0.2) is 40.6 Å². The number of hydrogen-bond donors (Lipinski definition) is 1. The predicted molar refractivity (Wildman–Crippen MR) is 121 cm³/mol. The highest BCUT2D eigenvalue weighted by atomic mass is 35.5. The third-order valence-electron chi connectivity index (χ3n) is 4.20. The lowest BCUT2D eigenvalue weighted by atomic mass is 10.2. The largest absolute Gasteiger partial charge is 0.494 e. The van der Waals surface area contributed by atoms with E-state index in [1.54, 1.807) is 31.2 Å². The molecule has 0 radical (unpaired) electrons. The van der Waals surface area contributed by atoms with Crippen molar-refractivity contribution in [1.29, 1.82) is 0 Å². The van der Waals surface area contributed by atoms with Crippen molar-refractivity contribution in [3.8, 4) is 23.0 Å². The molecule has 2 rings (SSSR count). The number of carbonyl (C=O) groups is 2. The number of rotatable bonds is 11. The molecule has 1 unspecified atom stereocenters. The number of azo groups is 1.